The molecular formula is C21H24ClN3O2. The Balaban J connectivity index is 1.57. The van der Waals surface area contributed by atoms with Crippen LogP contribution in [0.1, 0.15) is 28.4 Å². The largest absolute Gasteiger partial charge is 0.352 e. The van der Waals surface area contributed by atoms with Gasteiger partial charge in [0.25, 0.3) is 5.91 Å². The van der Waals surface area contributed by atoms with Gasteiger partial charge in [0.05, 0.1) is 6.04 Å². The second-order valence-electron chi connectivity index (χ2n) is 6.79. The topological polar surface area (TPSA) is 52.6 Å². The Hall–Kier alpha value is -2.37. The average Bonchev–Trinajstić information content (AvgIpc) is 2.69. The predicted molar refractivity (Wildman–Crippen MR) is 107 cm³/mol. The number of nitrogens with one attached hydrogen (secondary N) is 1. The predicted octanol–water partition coefficient (Wildman–Crippen LogP) is 2.98. The molecule has 1 aliphatic heterocycles. The quantitative estimate of drug-likeness (QED) is 0.860. The number of hydrogen-bond acceptors (Lipinski definition) is 3. The number of amides is 2. The van der Waals surface area contributed by atoms with Gasteiger partial charge >= 0.3 is 0 Å². The summed E-state index contributed by atoms with van der Waals surface area (Å²) in [7, 11) is 2.07. The highest BCUT2D eigenvalue weighted by molar-refractivity contribution is 6.30. The summed E-state index contributed by atoms with van der Waals surface area (Å²) in [5, 5.41) is 3.40. The molecule has 0 radical (unpaired) electrons. The van der Waals surface area contributed by atoms with Crippen molar-refractivity contribution in [1.29, 1.82) is 0 Å². The number of halogens is 1. The van der Waals surface area contributed by atoms with Crippen LogP contribution in [0.4, 0.5) is 0 Å². The minimum absolute atomic E-state index is 0.0458. The van der Waals surface area contributed by atoms with E-state index in [9.17, 15) is 9.59 Å². The molecular weight excluding hydrogens is 362 g/mol. The van der Waals surface area contributed by atoms with E-state index in [1.807, 2.05) is 23.1 Å². The van der Waals surface area contributed by atoms with Crippen molar-refractivity contribution >= 4 is 23.4 Å². The highest BCUT2D eigenvalue weighted by Gasteiger charge is 2.29. The first-order valence-corrected chi connectivity index (χ1v) is 9.49. The van der Waals surface area contributed by atoms with Gasteiger partial charge in [-0.2, -0.15) is 0 Å². The number of piperazine rings is 1. The van der Waals surface area contributed by atoms with Gasteiger partial charge in [0, 0.05) is 43.2 Å². The van der Waals surface area contributed by atoms with Gasteiger partial charge in [-0.1, -0.05) is 41.9 Å². The maximum atomic E-state index is 12.8. The lowest BCUT2D eigenvalue weighted by Gasteiger charge is -2.40. The first kappa shape index (κ1) is 19.4. The van der Waals surface area contributed by atoms with E-state index in [2.05, 4.69) is 29.4 Å². The van der Waals surface area contributed by atoms with Gasteiger partial charge in [-0.3, -0.25) is 9.59 Å². The highest BCUT2D eigenvalue weighted by Crippen LogP contribution is 2.25. The zero-order valence-electron chi connectivity index (χ0n) is 15.4. The van der Waals surface area contributed by atoms with Crippen LogP contribution in [0.2, 0.25) is 5.02 Å². The lowest BCUT2D eigenvalue weighted by atomic mass is 10.0. The van der Waals surface area contributed by atoms with E-state index in [1.54, 1.807) is 24.3 Å². The lowest BCUT2D eigenvalue weighted by molar-refractivity contribution is -0.136. The molecule has 1 fully saturated rings. The summed E-state index contributed by atoms with van der Waals surface area (Å²) < 4.78 is 0. The number of likely N-dealkylation sites (N-methyl/N-ethyl adjacent to an activating group) is 1. The Labute approximate surface area is 164 Å². The van der Waals surface area contributed by atoms with Gasteiger partial charge in [-0.15, -0.1) is 0 Å². The zero-order chi connectivity index (χ0) is 19.2. The molecule has 0 spiro atoms. The van der Waals surface area contributed by atoms with Crippen LogP contribution >= 0.6 is 11.6 Å². The van der Waals surface area contributed by atoms with Crippen LogP contribution < -0.4 is 5.32 Å². The first-order chi connectivity index (χ1) is 13.0. The van der Waals surface area contributed by atoms with Gasteiger partial charge in [0.15, 0.2) is 0 Å². The number of carbonyl (C=O) groups excluding carboxylic acids is 2. The summed E-state index contributed by atoms with van der Waals surface area (Å²) in [6.07, 6.45) is 0.284. The van der Waals surface area contributed by atoms with E-state index in [1.165, 1.54) is 0 Å². The van der Waals surface area contributed by atoms with Gasteiger partial charge in [0.1, 0.15) is 0 Å². The van der Waals surface area contributed by atoms with Crippen LogP contribution in [0.25, 0.3) is 0 Å². The van der Waals surface area contributed by atoms with E-state index in [-0.39, 0.29) is 24.3 Å². The number of benzene rings is 2. The summed E-state index contributed by atoms with van der Waals surface area (Å²) >= 11 is 5.84. The fourth-order valence-electron chi connectivity index (χ4n) is 3.31. The summed E-state index contributed by atoms with van der Waals surface area (Å²) in [6.45, 7) is 2.67. The van der Waals surface area contributed by atoms with E-state index < -0.39 is 0 Å². The zero-order valence-corrected chi connectivity index (χ0v) is 16.2. The molecule has 1 saturated heterocycles. The lowest BCUT2D eigenvalue weighted by Crippen LogP contribution is -2.49. The standard InChI is InChI=1S/C21H24ClN3O2/c1-24-13-14-25(19(15-24)16-5-3-2-4-6-16)20(26)11-12-23-21(27)17-7-9-18(22)10-8-17/h2-10,19H,11-15H2,1H3,(H,23,27)/t19-/m1/s1. The van der Waals surface area contributed by atoms with Crippen LogP contribution in [-0.4, -0.2) is 54.8 Å². The van der Waals surface area contributed by atoms with Crippen LogP contribution in [0.3, 0.4) is 0 Å². The van der Waals surface area contributed by atoms with E-state index in [0.717, 1.165) is 18.7 Å². The Morgan fingerprint density at radius 1 is 1.07 bits per heavy atom. The van der Waals surface area contributed by atoms with Gasteiger partial charge in [-0.05, 0) is 36.9 Å². The van der Waals surface area contributed by atoms with Crippen molar-refractivity contribution in [3.63, 3.8) is 0 Å². The maximum Gasteiger partial charge on any atom is 0.251 e. The van der Waals surface area contributed by atoms with Gasteiger partial charge in [0.2, 0.25) is 5.91 Å². The van der Waals surface area contributed by atoms with Crippen molar-refractivity contribution in [2.75, 3.05) is 33.2 Å². The van der Waals surface area contributed by atoms with Crippen LogP contribution in [0.15, 0.2) is 54.6 Å². The number of rotatable bonds is 5. The molecule has 6 heteroatoms. The van der Waals surface area contributed by atoms with E-state index >= 15 is 0 Å². The van der Waals surface area contributed by atoms with Crippen molar-refractivity contribution in [3.05, 3.63) is 70.7 Å². The number of nitrogens with zero attached hydrogens (tertiary/aromatic N) is 2. The molecule has 3 rings (SSSR count). The van der Waals surface area contributed by atoms with E-state index in [4.69, 9.17) is 11.6 Å². The van der Waals surface area contributed by atoms with Crippen LogP contribution in [-0.2, 0) is 4.79 Å². The monoisotopic (exact) mass is 385 g/mol. The second-order valence-corrected chi connectivity index (χ2v) is 7.23. The Bertz CT molecular complexity index is 780. The Morgan fingerprint density at radius 2 is 1.78 bits per heavy atom. The molecule has 1 N–H and O–H groups in total. The molecule has 2 amide bonds. The molecule has 0 aliphatic carbocycles. The molecule has 27 heavy (non-hydrogen) atoms. The molecule has 2 aromatic carbocycles. The average molecular weight is 386 g/mol. The number of carbonyl (C=O) groups is 2. The smallest absolute Gasteiger partial charge is 0.251 e. The molecule has 142 valence electrons. The Kier molecular flexibility index (Phi) is 6.48. The van der Waals surface area contributed by atoms with Crippen molar-refractivity contribution in [2.45, 2.75) is 12.5 Å². The van der Waals surface area contributed by atoms with Gasteiger partial charge in [-0.25, -0.2) is 0 Å². The SMILES string of the molecule is CN1CCN(C(=O)CCNC(=O)c2ccc(Cl)cc2)[C@@H](c2ccccc2)C1. The van der Waals surface area contributed by atoms with Crippen LogP contribution in [0.5, 0.6) is 0 Å². The molecule has 1 aliphatic rings. The van der Waals surface area contributed by atoms with Crippen molar-refractivity contribution in [3.8, 4) is 0 Å². The highest BCUT2D eigenvalue weighted by atomic mass is 35.5. The second kappa shape index (κ2) is 9.02. The molecule has 1 heterocycles. The fourth-order valence-corrected chi connectivity index (χ4v) is 3.43. The van der Waals surface area contributed by atoms with E-state index in [0.29, 0.717) is 23.7 Å². The van der Waals surface area contributed by atoms with Crippen LogP contribution in [0, 0.1) is 0 Å². The molecule has 0 aromatic heterocycles. The van der Waals surface area contributed by atoms with Crippen molar-refractivity contribution < 1.29 is 9.59 Å². The summed E-state index contributed by atoms with van der Waals surface area (Å²) in [5.41, 5.74) is 1.68. The first-order valence-electron chi connectivity index (χ1n) is 9.11. The summed E-state index contributed by atoms with van der Waals surface area (Å²) in [4.78, 5) is 29.1. The van der Waals surface area contributed by atoms with Crippen molar-refractivity contribution in [1.82, 2.24) is 15.1 Å². The molecule has 0 unspecified atom stereocenters. The molecule has 2 aromatic rings. The third-order valence-electron chi connectivity index (χ3n) is 4.82. The summed E-state index contributed by atoms with van der Waals surface area (Å²) in [6, 6.07) is 16.8. The fraction of sp³-hybridized carbons (Fsp3) is 0.333. The van der Waals surface area contributed by atoms with Gasteiger partial charge < -0.3 is 15.1 Å². The molecule has 0 saturated carbocycles. The normalized spacial score (nSPS) is 17.6. The number of hydrogen-bond donors (Lipinski definition) is 1. The van der Waals surface area contributed by atoms with Crippen molar-refractivity contribution in [2.24, 2.45) is 0 Å². The molecule has 0 bridgehead atoms. The molecule has 1 atom stereocenters. The third kappa shape index (κ3) is 5.08. The molecule has 5 nitrogen and oxygen atoms in total. The summed E-state index contributed by atoms with van der Waals surface area (Å²) in [5.74, 6) is -0.134. The Morgan fingerprint density at radius 3 is 2.48 bits per heavy atom. The minimum Gasteiger partial charge on any atom is -0.352 e. The minimum atomic E-state index is -0.197. The maximum absolute atomic E-state index is 12.8. The third-order valence-corrected chi connectivity index (χ3v) is 5.07.